The van der Waals surface area contributed by atoms with Crippen LogP contribution in [0.25, 0.3) is 0 Å². The van der Waals surface area contributed by atoms with Crippen molar-refractivity contribution in [3.8, 4) is 0 Å². The lowest BCUT2D eigenvalue weighted by Crippen LogP contribution is -2.41. The van der Waals surface area contributed by atoms with Crippen LogP contribution < -0.4 is 0 Å². The maximum absolute atomic E-state index is 12.2. The Labute approximate surface area is 134 Å². The van der Waals surface area contributed by atoms with Crippen molar-refractivity contribution in [1.82, 2.24) is 0 Å². The number of rotatable bonds is 10. The molecule has 0 fully saturated rings. The van der Waals surface area contributed by atoms with E-state index in [0.717, 1.165) is 12.5 Å². The van der Waals surface area contributed by atoms with Gasteiger partial charge in [-0.15, -0.1) is 0 Å². The summed E-state index contributed by atoms with van der Waals surface area (Å²) in [7, 11) is -10.2. The third-order valence-corrected chi connectivity index (χ3v) is 9.26. The van der Waals surface area contributed by atoms with Crippen LogP contribution >= 0.6 is 8.25 Å². The highest BCUT2D eigenvalue weighted by atomic mass is 32.2. The van der Waals surface area contributed by atoms with E-state index in [1.54, 1.807) is 27.7 Å². The van der Waals surface area contributed by atoms with Crippen molar-refractivity contribution in [2.24, 2.45) is 0 Å². The van der Waals surface area contributed by atoms with Crippen LogP contribution in [-0.2, 0) is 33.3 Å². The molecule has 0 atom stereocenters. The molecule has 132 valence electrons. The van der Waals surface area contributed by atoms with Crippen molar-refractivity contribution >= 4 is 27.9 Å². The molecule has 0 aromatic heterocycles. The Balaban J connectivity index is 5.55. The summed E-state index contributed by atoms with van der Waals surface area (Å²) in [5, 5.41) is 0. The Morgan fingerprint density at radius 3 is 1.09 bits per heavy atom. The highest BCUT2D eigenvalue weighted by Crippen LogP contribution is 2.44. The SMILES string of the molecule is CCC(CC)(O[P+](=O)OC(CC)(CC)S(C)(=O)=O)S(C)(=O)=O. The second-order valence-corrected chi connectivity index (χ2v) is 10.6. The van der Waals surface area contributed by atoms with E-state index in [1.807, 2.05) is 0 Å². The molecular formula is C12H26O7PS2+. The highest BCUT2D eigenvalue weighted by molar-refractivity contribution is 7.92. The molecule has 0 N–H and O–H groups in total. The smallest absolute Gasteiger partial charge is 0.226 e. The topological polar surface area (TPSA) is 104 Å². The molecule has 0 aliphatic carbocycles. The van der Waals surface area contributed by atoms with E-state index < -0.39 is 37.8 Å². The fourth-order valence-electron chi connectivity index (χ4n) is 2.23. The van der Waals surface area contributed by atoms with Gasteiger partial charge in [0.05, 0.1) is 0 Å². The molecule has 0 saturated heterocycles. The van der Waals surface area contributed by atoms with Gasteiger partial charge in [0.1, 0.15) is 0 Å². The summed E-state index contributed by atoms with van der Waals surface area (Å²) in [5.41, 5.74) is 0. The monoisotopic (exact) mass is 377 g/mol. The van der Waals surface area contributed by atoms with E-state index in [1.165, 1.54) is 0 Å². The molecule has 10 heteroatoms. The summed E-state index contributed by atoms with van der Waals surface area (Å²) >= 11 is 0. The molecule has 0 aromatic carbocycles. The minimum Gasteiger partial charge on any atom is -0.226 e. The van der Waals surface area contributed by atoms with Gasteiger partial charge in [0.25, 0.3) is 0 Å². The van der Waals surface area contributed by atoms with Crippen molar-refractivity contribution < 1.29 is 30.4 Å². The molecule has 0 bridgehead atoms. The number of hydrogen-bond acceptors (Lipinski definition) is 7. The lowest BCUT2D eigenvalue weighted by molar-refractivity contribution is 0.0780. The van der Waals surface area contributed by atoms with Gasteiger partial charge in [-0.3, -0.25) is 0 Å². The van der Waals surface area contributed by atoms with Crippen LogP contribution in [0.3, 0.4) is 0 Å². The van der Waals surface area contributed by atoms with Crippen molar-refractivity contribution in [3.05, 3.63) is 0 Å². The van der Waals surface area contributed by atoms with Gasteiger partial charge in [0.2, 0.25) is 9.87 Å². The van der Waals surface area contributed by atoms with Gasteiger partial charge in [0, 0.05) is 17.1 Å². The molecule has 22 heavy (non-hydrogen) atoms. The maximum Gasteiger partial charge on any atom is 0.700 e. The summed E-state index contributed by atoms with van der Waals surface area (Å²) in [6.07, 6.45) is 2.31. The molecule has 0 saturated carbocycles. The van der Waals surface area contributed by atoms with Crippen molar-refractivity contribution in [3.63, 3.8) is 0 Å². The van der Waals surface area contributed by atoms with Crippen LogP contribution in [0.1, 0.15) is 53.4 Å². The Kier molecular flexibility index (Phi) is 7.63. The normalized spacial score (nSPS) is 14.1. The van der Waals surface area contributed by atoms with Gasteiger partial charge in [-0.05, 0) is 25.7 Å². The lowest BCUT2D eigenvalue weighted by Gasteiger charge is -2.25. The molecule has 0 heterocycles. The first-order chi connectivity index (χ1) is 9.84. The zero-order valence-corrected chi connectivity index (χ0v) is 16.5. The first kappa shape index (κ1) is 21.9. The summed E-state index contributed by atoms with van der Waals surface area (Å²) < 4.78 is 70.3. The molecule has 0 amide bonds. The van der Waals surface area contributed by atoms with Crippen LogP contribution in [0, 0.1) is 0 Å². The summed E-state index contributed by atoms with van der Waals surface area (Å²) in [6, 6.07) is 0. The second-order valence-electron chi connectivity index (χ2n) is 5.19. The Hall–Kier alpha value is -0.0800. The van der Waals surface area contributed by atoms with Gasteiger partial charge >= 0.3 is 8.25 Å². The third-order valence-electron chi connectivity index (χ3n) is 3.99. The van der Waals surface area contributed by atoms with E-state index in [9.17, 15) is 21.4 Å². The standard InChI is InChI=1S/C12H26O7PS2/c1-7-11(8-2,21(5,14)15)18-20(13)19-12(9-3,10-4)22(6,16)17/h7-10H2,1-6H3/q+1. The minimum absolute atomic E-state index is 0.0802. The Morgan fingerprint density at radius 1 is 0.727 bits per heavy atom. The van der Waals surface area contributed by atoms with E-state index in [0.29, 0.717) is 0 Å². The van der Waals surface area contributed by atoms with Crippen LogP contribution in [0.4, 0.5) is 0 Å². The van der Waals surface area contributed by atoms with Crippen LogP contribution in [0.5, 0.6) is 0 Å². The van der Waals surface area contributed by atoms with Crippen LogP contribution in [-0.4, -0.2) is 39.2 Å². The molecule has 0 spiro atoms. The summed E-state index contributed by atoms with van der Waals surface area (Å²) in [6.45, 7) is 6.38. The predicted molar refractivity (Wildman–Crippen MR) is 86.1 cm³/mol. The fraction of sp³-hybridized carbons (Fsp3) is 1.00. The predicted octanol–water partition coefficient (Wildman–Crippen LogP) is 2.80. The van der Waals surface area contributed by atoms with E-state index in [4.69, 9.17) is 9.05 Å². The largest absolute Gasteiger partial charge is 0.700 e. The van der Waals surface area contributed by atoms with Crippen LogP contribution in [0.2, 0.25) is 0 Å². The van der Waals surface area contributed by atoms with Crippen molar-refractivity contribution in [2.45, 2.75) is 63.2 Å². The second kappa shape index (κ2) is 7.66. The van der Waals surface area contributed by atoms with Crippen LogP contribution in [0.15, 0.2) is 0 Å². The molecule has 0 aliphatic rings. The Bertz CT molecular complexity index is 535. The average Bonchev–Trinajstić information content (AvgIpc) is 2.39. The lowest BCUT2D eigenvalue weighted by atomic mass is 10.2. The number of sulfone groups is 2. The van der Waals surface area contributed by atoms with E-state index >= 15 is 0 Å². The average molecular weight is 377 g/mol. The van der Waals surface area contributed by atoms with Gasteiger partial charge in [-0.25, -0.2) is 16.8 Å². The third kappa shape index (κ3) is 4.47. The molecule has 0 rings (SSSR count). The first-order valence-electron chi connectivity index (χ1n) is 7.09. The number of hydrogen-bond donors (Lipinski definition) is 0. The molecule has 0 aliphatic heterocycles. The van der Waals surface area contributed by atoms with Gasteiger partial charge < -0.3 is 0 Å². The quantitative estimate of drug-likeness (QED) is 0.539. The first-order valence-corrected chi connectivity index (χ1v) is 12.0. The van der Waals surface area contributed by atoms with Gasteiger partial charge in [-0.2, -0.15) is 0 Å². The summed E-state index contributed by atoms with van der Waals surface area (Å²) in [5.74, 6) is 0. The molecule has 7 nitrogen and oxygen atoms in total. The molecule has 0 aromatic rings. The van der Waals surface area contributed by atoms with Crippen molar-refractivity contribution in [2.75, 3.05) is 12.5 Å². The Morgan fingerprint density at radius 2 is 0.955 bits per heavy atom. The summed E-state index contributed by atoms with van der Waals surface area (Å²) in [4.78, 5) is -3.30. The fourth-order valence-corrected chi connectivity index (χ4v) is 6.88. The highest BCUT2D eigenvalue weighted by Gasteiger charge is 2.53. The minimum atomic E-state index is -3.66. The van der Waals surface area contributed by atoms with Crippen molar-refractivity contribution in [1.29, 1.82) is 0 Å². The van der Waals surface area contributed by atoms with Gasteiger partial charge in [0.15, 0.2) is 19.7 Å². The van der Waals surface area contributed by atoms with E-state index in [-0.39, 0.29) is 25.7 Å². The zero-order valence-electron chi connectivity index (χ0n) is 13.9. The maximum atomic E-state index is 12.2. The van der Waals surface area contributed by atoms with Gasteiger partial charge in [-0.1, -0.05) is 36.7 Å². The molecule has 0 radical (unpaired) electrons. The molecule has 0 unspecified atom stereocenters. The molecular weight excluding hydrogens is 351 g/mol. The van der Waals surface area contributed by atoms with E-state index in [2.05, 4.69) is 0 Å². The zero-order chi connectivity index (χ0) is 17.8.